The topological polar surface area (TPSA) is 63.4 Å². The Kier molecular flexibility index (Phi) is 5.08. The number of aromatic nitrogens is 2. The zero-order valence-corrected chi connectivity index (χ0v) is 14.6. The molecule has 1 spiro atoms. The van der Waals surface area contributed by atoms with Gasteiger partial charge in [-0.05, 0) is 55.6 Å². The highest BCUT2D eigenvalue weighted by Crippen LogP contribution is 2.36. The van der Waals surface area contributed by atoms with Crippen LogP contribution < -0.4 is 10.1 Å². The van der Waals surface area contributed by atoms with Gasteiger partial charge in [0.15, 0.2) is 0 Å². The lowest BCUT2D eigenvalue weighted by Gasteiger charge is -2.21. The van der Waals surface area contributed by atoms with Gasteiger partial charge in [0.25, 0.3) is 0 Å². The van der Waals surface area contributed by atoms with E-state index in [1.54, 1.807) is 7.11 Å². The summed E-state index contributed by atoms with van der Waals surface area (Å²) in [6, 6.07) is 7.70. The summed E-state index contributed by atoms with van der Waals surface area (Å²) in [7, 11) is 1.66. The lowest BCUT2D eigenvalue weighted by molar-refractivity contribution is 0.236. The van der Waals surface area contributed by atoms with Crippen molar-refractivity contribution >= 4 is 12.4 Å². The van der Waals surface area contributed by atoms with Crippen LogP contribution in [0.1, 0.15) is 18.7 Å². The van der Waals surface area contributed by atoms with Crippen molar-refractivity contribution in [2.24, 2.45) is 5.41 Å². The summed E-state index contributed by atoms with van der Waals surface area (Å²) < 4.78 is 10.6. The molecular formula is C17H23ClN4O2. The van der Waals surface area contributed by atoms with Crippen LogP contribution in [0.15, 0.2) is 28.8 Å². The molecule has 2 aliphatic heterocycles. The third-order valence-corrected chi connectivity index (χ3v) is 5.02. The Morgan fingerprint density at radius 2 is 2.12 bits per heavy atom. The van der Waals surface area contributed by atoms with Gasteiger partial charge in [-0.15, -0.1) is 12.4 Å². The maximum Gasteiger partial charge on any atom is 0.241 e. The minimum absolute atomic E-state index is 0. The van der Waals surface area contributed by atoms with Crippen LogP contribution >= 0.6 is 12.4 Å². The van der Waals surface area contributed by atoms with Gasteiger partial charge in [0, 0.05) is 18.7 Å². The number of rotatable bonds is 4. The van der Waals surface area contributed by atoms with Crippen molar-refractivity contribution in [2.75, 3.05) is 33.3 Å². The van der Waals surface area contributed by atoms with E-state index in [4.69, 9.17) is 9.26 Å². The van der Waals surface area contributed by atoms with Crippen LogP contribution in [0.3, 0.4) is 0 Å². The molecule has 1 atom stereocenters. The van der Waals surface area contributed by atoms with Crippen LogP contribution in [0, 0.1) is 5.41 Å². The normalized spacial score (nSPS) is 23.5. The summed E-state index contributed by atoms with van der Waals surface area (Å²) in [6.45, 7) is 5.27. The fourth-order valence-corrected chi connectivity index (χ4v) is 3.67. The third-order valence-electron chi connectivity index (χ3n) is 5.02. The van der Waals surface area contributed by atoms with Crippen LogP contribution in [-0.2, 0) is 6.54 Å². The summed E-state index contributed by atoms with van der Waals surface area (Å²) in [5.74, 6) is 2.16. The first kappa shape index (κ1) is 17.2. The van der Waals surface area contributed by atoms with Crippen molar-refractivity contribution in [3.05, 3.63) is 30.2 Å². The molecule has 24 heavy (non-hydrogen) atoms. The number of methoxy groups -OCH3 is 1. The average molecular weight is 351 g/mol. The van der Waals surface area contributed by atoms with Gasteiger partial charge in [0.1, 0.15) is 5.75 Å². The number of hydrogen-bond donors (Lipinski definition) is 1. The van der Waals surface area contributed by atoms with Crippen LogP contribution in [0.2, 0.25) is 0 Å². The predicted octanol–water partition coefficient (Wildman–Crippen LogP) is 2.35. The summed E-state index contributed by atoms with van der Waals surface area (Å²) in [5.41, 5.74) is 1.41. The van der Waals surface area contributed by atoms with Crippen molar-refractivity contribution in [1.29, 1.82) is 0 Å². The Balaban J connectivity index is 0.00000169. The Morgan fingerprint density at radius 3 is 2.83 bits per heavy atom. The molecule has 1 unspecified atom stereocenters. The van der Waals surface area contributed by atoms with Gasteiger partial charge in [-0.2, -0.15) is 4.98 Å². The molecule has 2 fully saturated rings. The second-order valence-electron chi connectivity index (χ2n) is 6.63. The second kappa shape index (κ2) is 7.09. The highest BCUT2D eigenvalue weighted by molar-refractivity contribution is 5.85. The maximum absolute atomic E-state index is 5.44. The van der Waals surface area contributed by atoms with E-state index in [2.05, 4.69) is 20.4 Å². The van der Waals surface area contributed by atoms with Crippen LogP contribution in [0.4, 0.5) is 0 Å². The largest absolute Gasteiger partial charge is 0.497 e. The summed E-state index contributed by atoms with van der Waals surface area (Å²) in [5, 5.41) is 7.59. The molecule has 0 aliphatic carbocycles. The molecule has 2 saturated heterocycles. The number of nitrogens with one attached hydrogen (secondary N) is 1. The number of hydrogen-bond acceptors (Lipinski definition) is 6. The molecule has 130 valence electrons. The molecule has 2 aromatic rings. The molecule has 0 radical (unpaired) electrons. The minimum atomic E-state index is 0. The van der Waals surface area contributed by atoms with E-state index in [0.29, 0.717) is 17.1 Å². The van der Waals surface area contributed by atoms with Gasteiger partial charge in [0.2, 0.25) is 11.7 Å². The molecular weight excluding hydrogens is 328 g/mol. The number of halogens is 1. The Bertz CT molecular complexity index is 667. The van der Waals surface area contributed by atoms with Crippen molar-refractivity contribution in [3.8, 4) is 17.1 Å². The smallest absolute Gasteiger partial charge is 0.241 e. The van der Waals surface area contributed by atoms with E-state index in [1.807, 2.05) is 24.3 Å². The van der Waals surface area contributed by atoms with Crippen LogP contribution in [0.5, 0.6) is 5.75 Å². The SMILES string of the molecule is COc1ccc(-c2noc(CN3CCC4(CCNC4)C3)n2)cc1.Cl. The van der Waals surface area contributed by atoms with Crippen LogP contribution in [0.25, 0.3) is 11.4 Å². The molecule has 3 heterocycles. The van der Waals surface area contributed by atoms with Crippen molar-refractivity contribution in [1.82, 2.24) is 20.4 Å². The predicted molar refractivity (Wildman–Crippen MR) is 93.3 cm³/mol. The van der Waals surface area contributed by atoms with Gasteiger partial charge in [-0.25, -0.2) is 0 Å². The Hall–Kier alpha value is -1.63. The zero-order chi connectivity index (χ0) is 15.7. The number of likely N-dealkylation sites (tertiary alicyclic amines) is 1. The second-order valence-corrected chi connectivity index (χ2v) is 6.63. The Labute approximate surface area is 148 Å². The molecule has 0 amide bonds. The molecule has 4 rings (SSSR count). The lowest BCUT2D eigenvalue weighted by atomic mass is 9.87. The number of benzene rings is 1. The van der Waals surface area contributed by atoms with Gasteiger partial charge in [0.05, 0.1) is 13.7 Å². The van der Waals surface area contributed by atoms with E-state index in [-0.39, 0.29) is 12.4 Å². The molecule has 1 aromatic heterocycles. The quantitative estimate of drug-likeness (QED) is 0.913. The van der Waals surface area contributed by atoms with Crippen molar-refractivity contribution in [3.63, 3.8) is 0 Å². The van der Waals surface area contributed by atoms with Gasteiger partial charge in [-0.3, -0.25) is 4.90 Å². The van der Waals surface area contributed by atoms with Gasteiger partial charge >= 0.3 is 0 Å². The third kappa shape index (κ3) is 3.41. The van der Waals surface area contributed by atoms with Crippen LogP contribution in [-0.4, -0.2) is 48.3 Å². The lowest BCUT2D eigenvalue weighted by Crippen LogP contribution is -2.29. The summed E-state index contributed by atoms with van der Waals surface area (Å²) in [4.78, 5) is 6.97. The molecule has 0 bridgehead atoms. The molecule has 1 N–H and O–H groups in total. The maximum atomic E-state index is 5.44. The fraction of sp³-hybridized carbons (Fsp3) is 0.529. The van der Waals surface area contributed by atoms with E-state index >= 15 is 0 Å². The van der Waals surface area contributed by atoms with Crippen molar-refractivity contribution in [2.45, 2.75) is 19.4 Å². The zero-order valence-electron chi connectivity index (χ0n) is 13.8. The fourth-order valence-electron chi connectivity index (χ4n) is 3.67. The highest BCUT2D eigenvalue weighted by atomic mass is 35.5. The molecule has 7 heteroatoms. The van der Waals surface area contributed by atoms with E-state index in [1.165, 1.54) is 12.8 Å². The first-order chi connectivity index (χ1) is 11.3. The first-order valence-electron chi connectivity index (χ1n) is 8.16. The summed E-state index contributed by atoms with van der Waals surface area (Å²) in [6.07, 6.45) is 2.55. The Morgan fingerprint density at radius 1 is 1.29 bits per heavy atom. The average Bonchev–Trinajstić information content (AvgIpc) is 3.31. The van der Waals surface area contributed by atoms with Gasteiger partial charge < -0.3 is 14.6 Å². The number of ether oxygens (including phenoxy) is 1. The minimum Gasteiger partial charge on any atom is -0.497 e. The number of nitrogens with zero attached hydrogens (tertiary/aromatic N) is 3. The highest BCUT2D eigenvalue weighted by Gasteiger charge is 2.40. The standard InChI is InChI=1S/C17H22N4O2.ClH/c1-22-14-4-2-13(3-5-14)16-19-15(23-20-16)10-21-9-7-17(12-21)6-8-18-11-17;/h2-5,18H,6-12H2,1H3;1H. The molecule has 0 saturated carbocycles. The molecule has 1 aromatic carbocycles. The van der Waals surface area contributed by atoms with E-state index in [0.717, 1.165) is 44.0 Å². The molecule has 2 aliphatic rings. The monoisotopic (exact) mass is 350 g/mol. The summed E-state index contributed by atoms with van der Waals surface area (Å²) >= 11 is 0. The van der Waals surface area contributed by atoms with E-state index < -0.39 is 0 Å². The first-order valence-corrected chi connectivity index (χ1v) is 8.16. The molecule has 6 nitrogen and oxygen atoms in total. The van der Waals surface area contributed by atoms with E-state index in [9.17, 15) is 0 Å². The van der Waals surface area contributed by atoms with Crippen molar-refractivity contribution < 1.29 is 9.26 Å². The van der Waals surface area contributed by atoms with Gasteiger partial charge in [-0.1, -0.05) is 5.16 Å².